The highest BCUT2D eigenvalue weighted by atomic mass is 16.5. The summed E-state index contributed by atoms with van der Waals surface area (Å²) in [5, 5.41) is 5.74. The van der Waals surface area contributed by atoms with E-state index in [1.54, 1.807) is 4.90 Å². The predicted molar refractivity (Wildman–Crippen MR) is 104 cm³/mol. The summed E-state index contributed by atoms with van der Waals surface area (Å²) < 4.78 is 6.06. The lowest BCUT2D eigenvalue weighted by Crippen LogP contribution is -2.52. The van der Waals surface area contributed by atoms with Gasteiger partial charge in [-0.05, 0) is 36.6 Å². The Kier molecular flexibility index (Phi) is 4.64. The van der Waals surface area contributed by atoms with Gasteiger partial charge in [-0.15, -0.1) is 0 Å². The molecule has 0 radical (unpaired) electrons. The van der Waals surface area contributed by atoms with Gasteiger partial charge < -0.3 is 15.0 Å². The van der Waals surface area contributed by atoms with Crippen molar-refractivity contribution in [3.63, 3.8) is 0 Å². The minimum absolute atomic E-state index is 0.0760. The standard InChI is InChI=1S/C21H26N4O4/c26-18-4-3-17(19(27)23-18)25-11-15-2-1-14(9-16(15)20(25)28)10-24-7-8-29-21(13-24)5-6-22-12-21/h1-2,9,17,22H,3-8,10-13H2,(H,23,26,27). The number of amides is 3. The van der Waals surface area contributed by atoms with Gasteiger partial charge in [0.05, 0.1) is 12.2 Å². The van der Waals surface area contributed by atoms with Crippen LogP contribution in [0.25, 0.3) is 0 Å². The Hall–Kier alpha value is -2.29. The summed E-state index contributed by atoms with van der Waals surface area (Å²) >= 11 is 0. The third-order valence-electron chi connectivity index (χ3n) is 6.53. The maximum absolute atomic E-state index is 13.0. The number of piperidine rings is 1. The molecular formula is C21H26N4O4. The number of ether oxygens (including phenoxy) is 1. The smallest absolute Gasteiger partial charge is 0.255 e. The Labute approximate surface area is 169 Å². The largest absolute Gasteiger partial charge is 0.371 e. The normalized spacial score (nSPS) is 30.1. The zero-order valence-corrected chi connectivity index (χ0v) is 16.4. The third-order valence-corrected chi connectivity index (χ3v) is 6.53. The zero-order chi connectivity index (χ0) is 20.0. The Morgan fingerprint density at radius 1 is 1.24 bits per heavy atom. The lowest BCUT2D eigenvalue weighted by atomic mass is 9.99. The minimum Gasteiger partial charge on any atom is -0.371 e. The lowest BCUT2D eigenvalue weighted by Gasteiger charge is -2.40. The summed E-state index contributed by atoms with van der Waals surface area (Å²) in [4.78, 5) is 40.6. The second kappa shape index (κ2) is 7.19. The van der Waals surface area contributed by atoms with Crippen LogP contribution in [0.2, 0.25) is 0 Å². The summed E-state index contributed by atoms with van der Waals surface area (Å²) in [6.45, 7) is 5.61. The second-order valence-corrected chi connectivity index (χ2v) is 8.56. The molecular weight excluding hydrogens is 372 g/mol. The van der Waals surface area contributed by atoms with E-state index >= 15 is 0 Å². The number of rotatable bonds is 3. The topological polar surface area (TPSA) is 91.0 Å². The highest BCUT2D eigenvalue weighted by molar-refractivity contribution is 6.05. The van der Waals surface area contributed by atoms with Gasteiger partial charge in [-0.25, -0.2) is 0 Å². The molecule has 2 atom stereocenters. The number of imide groups is 1. The molecule has 2 unspecified atom stereocenters. The lowest BCUT2D eigenvalue weighted by molar-refractivity contribution is -0.136. The fraction of sp³-hybridized carbons (Fsp3) is 0.571. The summed E-state index contributed by atoms with van der Waals surface area (Å²) in [6.07, 6.45) is 1.70. The molecule has 4 aliphatic heterocycles. The molecule has 0 aliphatic carbocycles. The Bertz CT molecular complexity index is 864. The van der Waals surface area contributed by atoms with Gasteiger partial charge in [-0.2, -0.15) is 0 Å². The molecule has 2 N–H and O–H groups in total. The van der Waals surface area contributed by atoms with E-state index < -0.39 is 6.04 Å². The molecule has 3 saturated heterocycles. The Morgan fingerprint density at radius 2 is 2.14 bits per heavy atom. The molecule has 3 fully saturated rings. The van der Waals surface area contributed by atoms with E-state index in [1.165, 1.54) is 0 Å². The maximum Gasteiger partial charge on any atom is 0.255 e. The summed E-state index contributed by atoms with van der Waals surface area (Å²) in [5.41, 5.74) is 2.65. The molecule has 154 valence electrons. The second-order valence-electron chi connectivity index (χ2n) is 8.56. The monoisotopic (exact) mass is 398 g/mol. The fourth-order valence-corrected chi connectivity index (χ4v) is 5.00. The van der Waals surface area contributed by atoms with Crippen LogP contribution in [-0.4, -0.2) is 72.0 Å². The van der Waals surface area contributed by atoms with E-state index in [1.807, 2.05) is 12.1 Å². The number of morpholine rings is 1. The number of hydrogen-bond acceptors (Lipinski definition) is 6. The minimum atomic E-state index is -0.565. The SMILES string of the molecule is O=C1CCC(N2Cc3ccc(CN4CCOC5(CCNC5)C4)cc3C2=O)C(=O)N1. The third kappa shape index (κ3) is 3.45. The van der Waals surface area contributed by atoms with Crippen molar-refractivity contribution in [1.82, 2.24) is 20.4 Å². The van der Waals surface area contributed by atoms with Crippen molar-refractivity contribution in [1.29, 1.82) is 0 Å². The van der Waals surface area contributed by atoms with Crippen molar-refractivity contribution < 1.29 is 19.1 Å². The van der Waals surface area contributed by atoms with Gasteiger partial charge in [-0.1, -0.05) is 12.1 Å². The van der Waals surface area contributed by atoms with Gasteiger partial charge >= 0.3 is 0 Å². The van der Waals surface area contributed by atoms with Crippen LogP contribution in [-0.2, 0) is 27.4 Å². The van der Waals surface area contributed by atoms with Crippen LogP contribution in [0.4, 0.5) is 0 Å². The first kappa shape index (κ1) is 18.7. The van der Waals surface area contributed by atoms with E-state index in [2.05, 4.69) is 21.6 Å². The molecule has 4 heterocycles. The highest BCUT2D eigenvalue weighted by Crippen LogP contribution is 2.30. The van der Waals surface area contributed by atoms with Gasteiger partial charge in [0.15, 0.2) is 0 Å². The molecule has 0 aromatic heterocycles. The van der Waals surface area contributed by atoms with Crippen LogP contribution in [0.15, 0.2) is 18.2 Å². The molecule has 1 aromatic rings. The van der Waals surface area contributed by atoms with E-state index in [9.17, 15) is 14.4 Å². The summed E-state index contributed by atoms with van der Waals surface area (Å²) in [7, 11) is 0. The van der Waals surface area contributed by atoms with E-state index in [0.29, 0.717) is 18.5 Å². The van der Waals surface area contributed by atoms with Crippen molar-refractivity contribution in [2.75, 3.05) is 32.8 Å². The first-order chi connectivity index (χ1) is 14.0. The predicted octanol–water partition coefficient (Wildman–Crippen LogP) is 0.0119. The molecule has 5 rings (SSSR count). The molecule has 8 heteroatoms. The van der Waals surface area contributed by atoms with Gasteiger partial charge in [0.25, 0.3) is 5.91 Å². The van der Waals surface area contributed by atoms with E-state index in [4.69, 9.17) is 4.74 Å². The average Bonchev–Trinajstić information content (AvgIpc) is 3.27. The summed E-state index contributed by atoms with van der Waals surface area (Å²) in [6, 6.07) is 5.49. The zero-order valence-electron chi connectivity index (χ0n) is 16.4. The number of fused-ring (bicyclic) bond motifs is 1. The molecule has 3 amide bonds. The molecule has 29 heavy (non-hydrogen) atoms. The maximum atomic E-state index is 13.0. The van der Waals surface area contributed by atoms with Gasteiger partial charge in [0, 0.05) is 44.7 Å². The summed E-state index contributed by atoms with van der Waals surface area (Å²) in [5.74, 6) is -0.750. The van der Waals surface area contributed by atoms with Gasteiger partial charge in [-0.3, -0.25) is 24.6 Å². The van der Waals surface area contributed by atoms with Crippen molar-refractivity contribution >= 4 is 17.7 Å². The van der Waals surface area contributed by atoms with Gasteiger partial charge in [0.1, 0.15) is 6.04 Å². The first-order valence-corrected chi connectivity index (χ1v) is 10.4. The molecule has 4 aliphatic rings. The molecule has 8 nitrogen and oxygen atoms in total. The first-order valence-electron chi connectivity index (χ1n) is 10.4. The molecule has 1 aromatic carbocycles. The van der Waals surface area contributed by atoms with Crippen LogP contribution in [0.1, 0.15) is 40.7 Å². The Morgan fingerprint density at radius 3 is 2.93 bits per heavy atom. The van der Waals surface area contributed by atoms with E-state index in [0.717, 1.165) is 56.9 Å². The fourth-order valence-electron chi connectivity index (χ4n) is 5.00. The van der Waals surface area contributed by atoms with Crippen molar-refractivity contribution in [2.24, 2.45) is 0 Å². The van der Waals surface area contributed by atoms with Crippen molar-refractivity contribution in [3.05, 3.63) is 34.9 Å². The number of hydrogen-bond donors (Lipinski definition) is 2. The highest BCUT2D eigenvalue weighted by Gasteiger charge is 2.40. The number of carbonyl (C=O) groups excluding carboxylic acids is 3. The number of nitrogens with one attached hydrogen (secondary N) is 2. The number of carbonyl (C=O) groups is 3. The quantitative estimate of drug-likeness (QED) is 0.698. The number of nitrogens with zero attached hydrogens (tertiary/aromatic N) is 2. The van der Waals surface area contributed by atoms with Crippen molar-refractivity contribution in [2.45, 2.75) is 44.0 Å². The number of benzene rings is 1. The Balaban J connectivity index is 1.29. The van der Waals surface area contributed by atoms with Crippen LogP contribution in [0.5, 0.6) is 0 Å². The van der Waals surface area contributed by atoms with E-state index in [-0.39, 0.29) is 29.7 Å². The van der Waals surface area contributed by atoms with Gasteiger partial charge in [0.2, 0.25) is 11.8 Å². The molecule has 0 saturated carbocycles. The van der Waals surface area contributed by atoms with Crippen LogP contribution in [0, 0.1) is 0 Å². The average molecular weight is 398 g/mol. The molecule has 0 bridgehead atoms. The van der Waals surface area contributed by atoms with Crippen LogP contribution >= 0.6 is 0 Å². The van der Waals surface area contributed by atoms with Crippen LogP contribution < -0.4 is 10.6 Å². The molecule has 1 spiro atoms. The van der Waals surface area contributed by atoms with Crippen molar-refractivity contribution in [3.8, 4) is 0 Å². The van der Waals surface area contributed by atoms with Crippen LogP contribution in [0.3, 0.4) is 0 Å².